The van der Waals surface area contributed by atoms with E-state index in [2.05, 4.69) is 11.9 Å². The number of rotatable bonds is 9. The van der Waals surface area contributed by atoms with Gasteiger partial charge in [-0.3, -0.25) is 14.4 Å². The molecule has 166 valence electrons. The second-order valence-electron chi connectivity index (χ2n) is 8.01. The maximum absolute atomic E-state index is 12.9. The monoisotopic (exact) mass is 429 g/mol. The van der Waals surface area contributed by atoms with Gasteiger partial charge in [-0.25, -0.2) is 4.79 Å². The zero-order valence-corrected chi connectivity index (χ0v) is 17.2. The normalized spacial score (nSPS) is 22.0. The number of urea groups is 1. The molecule has 0 bridgehead atoms. The van der Waals surface area contributed by atoms with Gasteiger partial charge in [-0.2, -0.15) is 0 Å². The molecule has 3 atom stereocenters. The number of carbonyl (C=O) groups is 4. The summed E-state index contributed by atoms with van der Waals surface area (Å²) in [6, 6.07) is 9.13. The molecule has 0 radical (unpaired) electrons. The molecule has 31 heavy (non-hydrogen) atoms. The Balaban J connectivity index is 1.56. The molecule has 0 saturated carbocycles. The van der Waals surface area contributed by atoms with Crippen LogP contribution in [-0.4, -0.2) is 75.0 Å². The van der Waals surface area contributed by atoms with Gasteiger partial charge >= 0.3 is 12.0 Å². The van der Waals surface area contributed by atoms with Crippen LogP contribution in [0, 0.1) is 5.92 Å². The van der Waals surface area contributed by atoms with Gasteiger partial charge in [0.1, 0.15) is 5.54 Å². The number of hydrogen-bond acceptors (Lipinski definition) is 5. The Bertz CT molecular complexity index is 873. The van der Waals surface area contributed by atoms with Crippen LogP contribution in [0.2, 0.25) is 0 Å². The van der Waals surface area contributed by atoms with Crippen molar-refractivity contribution in [1.29, 1.82) is 0 Å². The molecule has 1 aromatic carbocycles. The molecule has 2 aliphatic rings. The lowest BCUT2D eigenvalue weighted by Gasteiger charge is -2.50. The first kappa shape index (κ1) is 22.5. The lowest BCUT2D eigenvalue weighted by Crippen LogP contribution is -2.74. The maximum atomic E-state index is 12.9. The number of carboxylic acids is 1. The summed E-state index contributed by atoms with van der Waals surface area (Å²) in [5.41, 5.74) is 0.0133. The number of aliphatic carboxylic acids is 1. The average molecular weight is 429 g/mol. The van der Waals surface area contributed by atoms with Crippen molar-refractivity contribution in [3.63, 3.8) is 0 Å². The van der Waals surface area contributed by atoms with Crippen molar-refractivity contribution in [1.82, 2.24) is 15.1 Å². The molecule has 2 fully saturated rings. The molecular formula is C22H27N3O6. The van der Waals surface area contributed by atoms with E-state index in [9.17, 15) is 29.4 Å². The minimum Gasteiger partial charge on any atom is -0.481 e. The number of carboxylic acid groups (broad SMARTS) is 1. The van der Waals surface area contributed by atoms with E-state index in [-0.39, 0.29) is 25.0 Å². The number of β-lactam (4-membered cyclic amide) rings is 1. The molecule has 2 aliphatic heterocycles. The minimum atomic E-state index is -1.35. The second kappa shape index (κ2) is 9.30. The molecule has 3 N–H and O–H groups in total. The third-order valence-electron chi connectivity index (χ3n) is 5.94. The van der Waals surface area contributed by atoms with Gasteiger partial charge in [-0.05, 0) is 18.4 Å². The molecule has 1 aromatic rings. The first-order valence-electron chi connectivity index (χ1n) is 10.2. The van der Waals surface area contributed by atoms with Crippen LogP contribution in [0.15, 0.2) is 43.0 Å². The van der Waals surface area contributed by atoms with Gasteiger partial charge in [0.15, 0.2) is 5.78 Å². The van der Waals surface area contributed by atoms with Crippen molar-refractivity contribution in [2.75, 3.05) is 19.6 Å². The molecule has 3 rings (SSSR count). The molecule has 2 heterocycles. The Morgan fingerprint density at radius 3 is 2.58 bits per heavy atom. The minimum absolute atomic E-state index is 0.234. The Labute approximate surface area is 180 Å². The van der Waals surface area contributed by atoms with Crippen molar-refractivity contribution >= 4 is 23.7 Å². The van der Waals surface area contributed by atoms with E-state index >= 15 is 0 Å². The molecule has 9 heteroatoms. The SMILES string of the molecule is C=CC(O)C(CC(=O)CN1CC2(CCCN2C(=O)NCc2ccccc2)C1=O)C(=O)O. The van der Waals surface area contributed by atoms with Crippen LogP contribution in [0.4, 0.5) is 4.79 Å². The van der Waals surface area contributed by atoms with Gasteiger partial charge in [0.05, 0.1) is 25.1 Å². The zero-order valence-electron chi connectivity index (χ0n) is 17.2. The van der Waals surface area contributed by atoms with E-state index in [1.807, 2.05) is 30.3 Å². The van der Waals surface area contributed by atoms with Gasteiger partial charge in [0.2, 0.25) is 0 Å². The summed E-state index contributed by atoms with van der Waals surface area (Å²) >= 11 is 0. The van der Waals surface area contributed by atoms with Crippen molar-refractivity contribution in [2.24, 2.45) is 5.92 Å². The Hall–Kier alpha value is -3.20. The van der Waals surface area contributed by atoms with Gasteiger partial charge in [-0.1, -0.05) is 36.4 Å². The van der Waals surface area contributed by atoms with E-state index in [4.69, 9.17) is 0 Å². The standard InChI is InChI=1S/C22H27N3O6/c1-2-18(27)17(19(28)29)11-16(26)13-24-14-22(20(24)30)9-6-10-25(22)21(31)23-12-15-7-4-3-5-8-15/h2-5,7-8,17-18,27H,1,6,9-14H2,(H,23,31)(H,28,29). The van der Waals surface area contributed by atoms with E-state index < -0.39 is 35.7 Å². The number of nitrogens with zero attached hydrogens (tertiary/aromatic N) is 2. The molecule has 2 saturated heterocycles. The molecule has 9 nitrogen and oxygen atoms in total. The van der Waals surface area contributed by atoms with Crippen molar-refractivity contribution < 1.29 is 29.4 Å². The quantitative estimate of drug-likeness (QED) is 0.393. The number of likely N-dealkylation sites (tertiary alicyclic amines) is 2. The van der Waals surface area contributed by atoms with Crippen LogP contribution >= 0.6 is 0 Å². The fourth-order valence-corrected chi connectivity index (χ4v) is 4.26. The lowest BCUT2D eigenvalue weighted by atomic mass is 9.85. The second-order valence-corrected chi connectivity index (χ2v) is 8.01. The highest BCUT2D eigenvalue weighted by Gasteiger charge is 2.59. The van der Waals surface area contributed by atoms with E-state index in [0.717, 1.165) is 11.6 Å². The van der Waals surface area contributed by atoms with Gasteiger partial charge in [0.25, 0.3) is 5.91 Å². The fourth-order valence-electron chi connectivity index (χ4n) is 4.26. The van der Waals surface area contributed by atoms with Gasteiger partial charge in [0, 0.05) is 19.5 Å². The first-order valence-corrected chi connectivity index (χ1v) is 10.2. The molecule has 0 aromatic heterocycles. The molecule has 3 unspecified atom stereocenters. The Morgan fingerprint density at radius 2 is 1.97 bits per heavy atom. The summed E-state index contributed by atoms with van der Waals surface area (Å²) in [6.45, 7) is 4.15. The number of nitrogens with one attached hydrogen (secondary N) is 1. The van der Waals surface area contributed by atoms with Crippen LogP contribution < -0.4 is 5.32 Å². The van der Waals surface area contributed by atoms with E-state index in [1.165, 1.54) is 4.90 Å². The van der Waals surface area contributed by atoms with Crippen molar-refractivity contribution in [2.45, 2.75) is 37.5 Å². The van der Waals surface area contributed by atoms with Crippen molar-refractivity contribution in [3.8, 4) is 0 Å². The highest BCUT2D eigenvalue weighted by molar-refractivity contribution is 5.99. The zero-order chi connectivity index (χ0) is 22.6. The summed E-state index contributed by atoms with van der Waals surface area (Å²) in [6.07, 6.45) is 0.542. The smallest absolute Gasteiger partial charge is 0.318 e. The van der Waals surface area contributed by atoms with Crippen molar-refractivity contribution in [3.05, 3.63) is 48.6 Å². The number of aliphatic hydroxyl groups is 1. The largest absolute Gasteiger partial charge is 0.481 e. The fraction of sp³-hybridized carbons (Fsp3) is 0.455. The predicted molar refractivity (Wildman–Crippen MR) is 111 cm³/mol. The van der Waals surface area contributed by atoms with E-state index in [1.54, 1.807) is 4.90 Å². The highest BCUT2D eigenvalue weighted by atomic mass is 16.4. The van der Waals surface area contributed by atoms with Crippen LogP contribution in [0.5, 0.6) is 0 Å². The van der Waals surface area contributed by atoms with Crippen LogP contribution in [-0.2, 0) is 20.9 Å². The average Bonchev–Trinajstić information content (AvgIpc) is 3.22. The Morgan fingerprint density at radius 1 is 1.26 bits per heavy atom. The third kappa shape index (κ3) is 4.61. The lowest BCUT2D eigenvalue weighted by molar-refractivity contribution is -0.160. The van der Waals surface area contributed by atoms with Crippen LogP contribution in [0.3, 0.4) is 0 Å². The van der Waals surface area contributed by atoms with Crippen LogP contribution in [0.25, 0.3) is 0 Å². The topological polar surface area (TPSA) is 127 Å². The highest BCUT2D eigenvalue weighted by Crippen LogP contribution is 2.39. The summed E-state index contributed by atoms with van der Waals surface area (Å²) < 4.78 is 0. The molecule has 3 amide bonds. The summed E-state index contributed by atoms with van der Waals surface area (Å²) in [4.78, 5) is 52.0. The summed E-state index contributed by atoms with van der Waals surface area (Å²) in [5.74, 6) is -3.37. The summed E-state index contributed by atoms with van der Waals surface area (Å²) in [7, 11) is 0. The maximum Gasteiger partial charge on any atom is 0.318 e. The molecular weight excluding hydrogens is 402 g/mol. The number of amides is 3. The third-order valence-corrected chi connectivity index (χ3v) is 5.94. The number of benzene rings is 1. The Kier molecular flexibility index (Phi) is 6.74. The van der Waals surface area contributed by atoms with Crippen LogP contribution in [0.1, 0.15) is 24.8 Å². The molecule has 0 aliphatic carbocycles. The predicted octanol–water partition coefficient (Wildman–Crippen LogP) is 0.780. The number of ketones is 1. The van der Waals surface area contributed by atoms with Gasteiger partial charge < -0.3 is 25.3 Å². The number of carbonyl (C=O) groups excluding carboxylic acids is 3. The summed E-state index contributed by atoms with van der Waals surface area (Å²) in [5, 5.41) is 21.7. The van der Waals surface area contributed by atoms with E-state index in [0.29, 0.717) is 25.9 Å². The number of aliphatic hydroxyl groups excluding tert-OH is 1. The number of hydrogen-bond donors (Lipinski definition) is 3. The van der Waals surface area contributed by atoms with Gasteiger partial charge in [-0.15, -0.1) is 6.58 Å². The first-order chi connectivity index (χ1) is 14.8. The number of Topliss-reactive ketones (excluding diaryl/α,β-unsaturated/α-hetero) is 1. The molecule has 1 spiro atoms.